The van der Waals surface area contributed by atoms with Crippen LogP contribution in [0.2, 0.25) is 0 Å². The second kappa shape index (κ2) is 6.85. The molecule has 3 nitrogen and oxygen atoms in total. The third-order valence-corrected chi connectivity index (χ3v) is 3.31. The molecule has 0 radical (unpaired) electrons. The van der Waals surface area contributed by atoms with E-state index in [2.05, 4.69) is 12.2 Å². The molecule has 0 spiro atoms. The van der Waals surface area contributed by atoms with Gasteiger partial charge in [-0.2, -0.15) is 0 Å². The van der Waals surface area contributed by atoms with Crippen molar-refractivity contribution < 1.29 is 9.84 Å². The Kier molecular flexibility index (Phi) is 4.88. The summed E-state index contributed by atoms with van der Waals surface area (Å²) in [5.41, 5.74) is 2.25. The minimum Gasteiger partial charge on any atom is -0.508 e. The quantitative estimate of drug-likeness (QED) is 0.839. The molecule has 20 heavy (non-hydrogen) atoms. The second-order valence-corrected chi connectivity index (χ2v) is 4.95. The van der Waals surface area contributed by atoms with Crippen molar-refractivity contribution in [2.24, 2.45) is 0 Å². The van der Waals surface area contributed by atoms with Gasteiger partial charge in [-0.15, -0.1) is 0 Å². The summed E-state index contributed by atoms with van der Waals surface area (Å²) in [5, 5.41) is 12.7. The first-order chi connectivity index (χ1) is 9.69. The molecule has 0 amide bonds. The Morgan fingerprint density at radius 2 is 1.80 bits per heavy atom. The zero-order valence-corrected chi connectivity index (χ0v) is 12.0. The van der Waals surface area contributed by atoms with Crippen molar-refractivity contribution in [1.82, 2.24) is 0 Å². The number of phenols is 1. The fraction of sp³-hybridized carbons (Fsp3) is 0.294. The lowest BCUT2D eigenvalue weighted by Gasteiger charge is -2.17. The van der Waals surface area contributed by atoms with E-state index in [4.69, 9.17) is 4.74 Å². The van der Waals surface area contributed by atoms with E-state index in [1.807, 2.05) is 36.4 Å². The number of aromatic hydroxyl groups is 1. The SMILES string of the molecule is COc1ccccc1NC(C)CCc1ccc(O)cc1. The van der Waals surface area contributed by atoms with Crippen LogP contribution in [-0.2, 0) is 6.42 Å². The first-order valence-corrected chi connectivity index (χ1v) is 6.86. The molecular weight excluding hydrogens is 250 g/mol. The van der Waals surface area contributed by atoms with Gasteiger partial charge in [-0.25, -0.2) is 0 Å². The van der Waals surface area contributed by atoms with E-state index in [-0.39, 0.29) is 0 Å². The molecule has 0 aromatic heterocycles. The van der Waals surface area contributed by atoms with Crippen LogP contribution in [0.1, 0.15) is 18.9 Å². The summed E-state index contributed by atoms with van der Waals surface area (Å²) < 4.78 is 5.33. The maximum Gasteiger partial charge on any atom is 0.141 e. The minimum atomic E-state index is 0.314. The molecule has 0 heterocycles. The van der Waals surface area contributed by atoms with E-state index in [1.165, 1.54) is 5.56 Å². The van der Waals surface area contributed by atoms with Gasteiger partial charge >= 0.3 is 0 Å². The maximum atomic E-state index is 9.26. The highest BCUT2D eigenvalue weighted by Crippen LogP contribution is 2.24. The highest BCUT2D eigenvalue weighted by molar-refractivity contribution is 5.56. The van der Waals surface area contributed by atoms with Gasteiger partial charge in [0.05, 0.1) is 12.8 Å². The van der Waals surface area contributed by atoms with E-state index in [9.17, 15) is 5.11 Å². The van der Waals surface area contributed by atoms with E-state index < -0.39 is 0 Å². The third kappa shape index (κ3) is 3.92. The summed E-state index contributed by atoms with van der Waals surface area (Å²) in [4.78, 5) is 0. The van der Waals surface area contributed by atoms with E-state index in [0.29, 0.717) is 11.8 Å². The van der Waals surface area contributed by atoms with Crippen LogP contribution in [0.25, 0.3) is 0 Å². The molecule has 3 heteroatoms. The van der Waals surface area contributed by atoms with Crippen LogP contribution >= 0.6 is 0 Å². The van der Waals surface area contributed by atoms with Gasteiger partial charge in [0.1, 0.15) is 11.5 Å². The molecule has 1 unspecified atom stereocenters. The minimum absolute atomic E-state index is 0.314. The van der Waals surface area contributed by atoms with Crippen molar-refractivity contribution in [3.63, 3.8) is 0 Å². The number of phenolic OH excluding ortho intramolecular Hbond substituents is 1. The van der Waals surface area contributed by atoms with Crippen LogP contribution in [0.3, 0.4) is 0 Å². The van der Waals surface area contributed by atoms with Crippen molar-refractivity contribution >= 4 is 5.69 Å². The highest BCUT2D eigenvalue weighted by Gasteiger charge is 2.06. The monoisotopic (exact) mass is 271 g/mol. The fourth-order valence-electron chi connectivity index (χ4n) is 2.15. The maximum absolute atomic E-state index is 9.26. The Hall–Kier alpha value is -2.16. The topological polar surface area (TPSA) is 41.5 Å². The number of aryl methyl sites for hydroxylation is 1. The average Bonchev–Trinajstić information content (AvgIpc) is 2.47. The summed E-state index contributed by atoms with van der Waals surface area (Å²) in [6.07, 6.45) is 1.99. The predicted molar refractivity (Wildman–Crippen MR) is 82.5 cm³/mol. The molecule has 2 rings (SSSR count). The number of rotatable bonds is 6. The zero-order chi connectivity index (χ0) is 14.4. The van der Waals surface area contributed by atoms with E-state index in [0.717, 1.165) is 24.3 Å². The number of anilines is 1. The Morgan fingerprint density at radius 3 is 2.50 bits per heavy atom. The first kappa shape index (κ1) is 14.3. The molecule has 2 N–H and O–H groups in total. The fourth-order valence-corrected chi connectivity index (χ4v) is 2.15. The lowest BCUT2D eigenvalue weighted by molar-refractivity contribution is 0.416. The van der Waals surface area contributed by atoms with Crippen LogP contribution < -0.4 is 10.1 Å². The normalized spacial score (nSPS) is 11.9. The molecule has 0 fully saturated rings. The molecule has 0 saturated carbocycles. The predicted octanol–water partition coefficient (Wildman–Crippen LogP) is 3.83. The van der Waals surface area contributed by atoms with Gasteiger partial charge in [-0.1, -0.05) is 24.3 Å². The molecule has 2 aromatic rings. The molecule has 0 aliphatic rings. The molecule has 106 valence electrons. The van der Waals surface area contributed by atoms with Gasteiger partial charge in [-0.05, 0) is 49.6 Å². The van der Waals surface area contributed by atoms with E-state index in [1.54, 1.807) is 19.2 Å². The lowest BCUT2D eigenvalue weighted by atomic mass is 10.1. The number of hydrogen-bond donors (Lipinski definition) is 2. The van der Waals surface area contributed by atoms with Crippen molar-refractivity contribution in [1.29, 1.82) is 0 Å². The molecule has 0 aliphatic carbocycles. The number of methoxy groups -OCH3 is 1. The van der Waals surface area contributed by atoms with Crippen molar-refractivity contribution in [3.8, 4) is 11.5 Å². The molecule has 0 saturated heterocycles. The van der Waals surface area contributed by atoms with Crippen LogP contribution in [0.4, 0.5) is 5.69 Å². The summed E-state index contributed by atoms with van der Waals surface area (Å²) in [7, 11) is 1.68. The number of benzene rings is 2. The Labute approximate surface area is 120 Å². The van der Waals surface area contributed by atoms with Crippen molar-refractivity contribution in [2.75, 3.05) is 12.4 Å². The summed E-state index contributed by atoms with van der Waals surface area (Å²) >= 11 is 0. The van der Waals surface area contributed by atoms with Crippen molar-refractivity contribution in [2.45, 2.75) is 25.8 Å². The molecule has 0 aliphatic heterocycles. The standard InChI is InChI=1S/C17H21NO2/c1-13(7-8-14-9-11-15(19)12-10-14)18-16-5-3-4-6-17(16)20-2/h3-6,9-13,18-19H,7-8H2,1-2H3. The Bertz CT molecular complexity index is 537. The van der Waals surface area contributed by atoms with Crippen LogP contribution in [0.5, 0.6) is 11.5 Å². The van der Waals surface area contributed by atoms with E-state index >= 15 is 0 Å². The summed E-state index contributed by atoms with van der Waals surface area (Å²) in [6.45, 7) is 2.16. The van der Waals surface area contributed by atoms with Gasteiger partial charge in [0.15, 0.2) is 0 Å². The van der Waals surface area contributed by atoms with Gasteiger partial charge in [0.2, 0.25) is 0 Å². The Morgan fingerprint density at radius 1 is 1.10 bits per heavy atom. The van der Waals surface area contributed by atoms with Crippen LogP contribution in [-0.4, -0.2) is 18.3 Å². The Balaban J connectivity index is 1.89. The molecule has 0 bridgehead atoms. The number of hydrogen-bond acceptors (Lipinski definition) is 3. The van der Waals surface area contributed by atoms with Crippen molar-refractivity contribution in [3.05, 3.63) is 54.1 Å². The molecule has 2 aromatic carbocycles. The summed E-state index contributed by atoms with van der Waals surface area (Å²) in [6, 6.07) is 15.7. The van der Waals surface area contributed by atoms with Gasteiger partial charge in [-0.3, -0.25) is 0 Å². The van der Waals surface area contributed by atoms with Gasteiger partial charge < -0.3 is 15.2 Å². The number of ether oxygens (including phenoxy) is 1. The number of para-hydroxylation sites is 2. The second-order valence-electron chi connectivity index (χ2n) is 4.95. The van der Waals surface area contributed by atoms with Gasteiger partial charge in [0, 0.05) is 6.04 Å². The average molecular weight is 271 g/mol. The highest BCUT2D eigenvalue weighted by atomic mass is 16.5. The zero-order valence-electron chi connectivity index (χ0n) is 12.0. The number of nitrogens with one attached hydrogen (secondary N) is 1. The third-order valence-electron chi connectivity index (χ3n) is 3.31. The first-order valence-electron chi connectivity index (χ1n) is 6.86. The largest absolute Gasteiger partial charge is 0.508 e. The van der Waals surface area contributed by atoms with Crippen LogP contribution in [0, 0.1) is 0 Å². The lowest BCUT2D eigenvalue weighted by Crippen LogP contribution is -2.16. The molecule has 1 atom stereocenters. The summed E-state index contributed by atoms with van der Waals surface area (Å²) in [5.74, 6) is 1.18. The smallest absolute Gasteiger partial charge is 0.141 e. The van der Waals surface area contributed by atoms with Gasteiger partial charge in [0.25, 0.3) is 0 Å². The van der Waals surface area contributed by atoms with Crippen LogP contribution in [0.15, 0.2) is 48.5 Å². The molecular formula is C17H21NO2.